The Morgan fingerprint density at radius 1 is 0.673 bits per heavy atom. The number of quaternary nitrogens is 1. The Morgan fingerprint density at radius 3 is 1.73 bits per heavy atom. The molecular weight excluding hydrogens is 671 g/mol. The van der Waals surface area contributed by atoms with Crippen LogP contribution in [0.1, 0.15) is 142 Å². The fourth-order valence-electron chi connectivity index (χ4n) is 5.10. The molecule has 0 fully saturated rings. The second-order valence-electron chi connectivity index (χ2n) is 14.6. The van der Waals surface area contributed by atoms with Gasteiger partial charge in [0, 0.05) is 6.42 Å². The van der Waals surface area contributed by atoms with Crippen LogP contribution in [0.25, 0.3) is 0 Å². The first kappa shape index (κ1) is 49.9. The molecule has 0 heterocycles. The molecule has 0 saturated heterocycles. The summed E-state index contributed by atoms with van der Waals surface area (Å²) in [7, 11) is 1.19. The van der Waals surface area contributed by atoms with Gasteiger partial charge < -0.3 is 28.8 Å². The van der Waals surface area contributed by atoms with Crippen molar-refractivity contribution < 1.29 is 32.9 Å². The van der Waals surface area contributed by atoms with E-state index in [4.69, 9.17) is 9.05 Å². The van der Waals surface area contributed by atoms with Crippen LogP contribution >= 0.6 is 7.82 Å². The quantitative estimate of drug-likeness (QED) is 0.0289. The SMILES string of the molecule is CCCCC/C=C/CC/C=C/[C@@H](O)[C@H](COP(=O)([O-])OCC[N+](C)(C)C)NC(=O)CCC/C=C/C/C=C/C/C=C/C/C=C/CCCCCCCCC. The van der Waals surface area contributed by atoms with E-state index in [-0.39, 0.29) is 18.9 Å². The molecule has 0 spiro atoms. The lowest BCUT2D eigenvalue weighted by atomic mass is 10.1. The maximum Gasteiger partial charge on any atom is 0.268 e. The van der Waals surface area contributed by atoms with Gasteiger partial charge in [0.05, 0.1) is 39.9 Å². The Morgan fingerprint density at radius 2 is 1.13 bits per heavy atom. The van der Waals surface area contributed by atoms with E-state index in [1.54, 1.807) is 6.08 Å². The van der Waals surface area contributed by atoms with Gasteiger partial charge in [-0.3, -0.25) is 9.36 Å². The lowest BCUT2D eigenvalue weighted by Gasteiger charge is -2.29. The van der Waals surface area contributed by atoms with Gasteiger partial charge in [0.15, 0.2) is 0 Å². The summed E-state index contributed by atoms with van der Waals surface area (Å²) in [5.41, 5.74) is 0. The number of phosphoric ester groups is 1. The van der Waals surface area contributed by atoms with E-state index in [1.807, 2.05) is 27.2 Å². The van der Waals surface area contributed by atoms with Gasteiger partial charge in [-0.05, 0) is 70.6 Å². The van der Waals surface area contributed by atoms with Gasteiger partial charge >= 0.3 is 0 Å². The number of carbonyl (C=O) groups is 1. The van der Waals surface area contributed by atoms with Crippen LogP contribution in [0.5, 0.6) is 0 Å². The van der Waals surface area contributed by atoms with Crippen molar-refractivity contribution in [1.82, 2.24) is 5.32 Å². The number of carbonyl (C=O) groups excluding carboxylic acids is 1. The summed E-state index contributed by atoms with van der Waals surface area (Å²) in [6.45, 7) is 4.49. The molecule has 0 aromatic rings. The lowest BCUT2D eigenvalue weighted by molar-refractivity contribution is -0.870. The van der Waals surface area contributed by atoms with Crippen molar-refractivity contribution in [3.05, 3.63) is 72.9 Å². The summed E-state index contributed by atoms with van der Waals surface area (Å²) in [5, 5.41) is 13.6. The van der Waals surface area contributed by atoms with Crippen LogP contribution in [0, 0.1) is 0 Å². The summed E-state index contributed by atoms with van der Waals surface area (Å²) >= 11 is 0. The molecule has 0 bridgehead atoms. The lowest BCUT2D eigenvalue weighted by Crippen LogP contribution is -2.45. The molecule has 1 unspecified atom stereocenters. The standard InChI is InChI=1S/C43H77N2O6P/c1-6-8-10-12-14-16-17-18-19-20-21-22-23-24-25-26-27-29-31-33-35-37-43(47)44-41(40-51-52(48,49)50-39-38-45(3,4)5)42(46)36-34-32-30-28-15-13-11-9-7-2/h15,19-20,22-23,25-26,28-29,31,34,36,41-42,46H,6-14,16-18,21,24,27,30,32-33,35,37-40H2,1-5H3,(H-,44,47,48,49)/b20-19+,23-22+,26-25+,28-15+,31-29+,36-34+/t41-,42+/m0/s1. The number of rotatable bonds is 35. The van der Waals surface area contributed by atoms with Crippen LogP contribution in [0.2, 0.25) is 0 Å². The van der Waals surface area contributed by atoms with E-state index in [2.05, 4.69) is 79.9 Å². The van der Waals surface area contributed by atoms with Crippen LogP contribution in [-0.2, 0) is 18.4 Å². The summed E-state index contributed by atoms with van der Waals surface area (Å²) in [6.07, 6.45) is 45.4. The number of allylic oxidation sites excluding steroid dienone is 11. The van der Waals surface area contributed by atoms with Crippen LogP contribution in [-0.4, -0.2) is 68.5 Å². The molecule has 0 aliphatic carbocycles. The fraction of sp³-hybridized carbons (Fsp3) is 0.698. The Bertz CT molecular complexity index is 1080. The van der Waals surface area contributed by atoms with Gasteiger partial charge in [-0.1, -0.05) is 138 Å². The van der Waals surface area contributed by atoms with Crippen molar-refractivity contribution in [3.8, 4) is 0 Å². The second-order valence-corrected chi connectivity index (χ2v) is 16.0. The molecule has 0 aliphatic heterocycles. The average Bonchev–Trinajstić information content (AvgIpc) is 3.09. The molecule has 8 nitrogen and oxygen atoms in total. The summed E-state index contributed by atoms with van der Waals surface area (Å²) < 4.78 is 23.0. The Kier molecular flexibility index (Phi) is 33.3. The highest BCUT2D eigenvalue weighted by Gasteiger charge is 2.23. The molecular formula is C43H77N2O6P. The maximum absolute atomic E-state index is 12.8. The third-order valence-corrected chi connectivity index (χ3v) is 9.35. The van der Waals surface area contributed by atoms with E-state index in [0.29, 0.717) is 17.4 Å². The molecule has 0 aromatic heterocycles. The highest BCUT2D eigenvalue weighted by molar-refractivity contribution is 7.45. The first-order valence-corrected chi connectivity index (χ1v) is 21.8. The highest BCUT2D eigenvalue weighted by atomic mass is 31.2. The predicted molar refractivity (Wildman–Crippen MR) is 219 cm³/mol. The monoisotopic (exact) mass is 749 g/mol. The first-order valence-electron chi connectivity index (χ1n) is 20.3. The van der Waals surface area contributed by atoms with Crippen LogP contribution in [0.15, 0.2) is 72.9 Å². The third kappa shape index (κ3) is 36.3. The average molecular weight is 749 g/mol. The van der Waals surface area contributed by atoms with Crippen molar-refractivity contribution in [2.24, 2.45) is 0 Å². The first-order chi connectivity index (χ1) is 25.0. The van der Waals surface area contributed by atoms with Crippen LogP contribution in [0.4, 0.5) is 0 Å². The van der Waals surface area contributed by atoms with E-state index >= 15 is 0 Å². The van der Waals surface area contributed by atoms with E-state index in [0.717, 1.165) is 44.9 Å². The van der Waals surface area contributed by atoms with E-state index in [1.165, 1.54) is 70.6 Å². The van der Waals surface area contributed by atoms with Crippen molar-refractivity contribution in [2.75, 3.05) is 40.9 Å². The second kappa shape index (κ2) is 34.7. The van der Waals surface area contributed by atoms with Crippen LogP contribution < -0.4 is 10.2 Å². The minimum absolute atomic E-state index is 0.0205. The summed E-state index contributed by atoms with van der Waals surface area (Å²) in [6, 6.07) is -0.932. The van der Waals surface area contributed by atoms with E-state index < -0.39 is 26.6 Å². The number of likely N-dealkylation sites (N-methyl/N-ethyl adjacent to an activating group) is 1. The molecule has 3 atom stereocenters. The molecule has 0 rings (SSSR count). The Hall–Kier alpha value is -2.06. The van der Waals surface area contributed by atoms with E-state index in [9.17, 15) is 19.4 Å². The zero-order valence-electron chi connectivity index (χ0n) is 33.7. The van der Waals surface area contributed by atoms with Crippen molar-refractivity contribution in [3.63, 3.8) is 0 Å². The number of aliphatic hydroxyl groups excluding tert-OH is 1. The number of nitrogens with zero attached hydrogens (tertiary/aromatic N) is 1. The smallest absolute Gasteiger partial charge is 0.268 e. The molecule has 2 N–H and O–H groups in total. The van der Waals surface area contributed by atoms with Gasteiger partial charge in [-0.25, -0.2) is 0 Å². The molecule has 0 aliphatic rings. The fourth-order valence-corrected chi connectivity index (χ4v) is 5.82. The Labute approximate surface area is 319 Å². The molecule has 300 valence electrons. The normalized spacial score (nSPS) is 15.3. The highest BCUT2D eigenvalue weighted by Crippen LogP contribution is 2.38. The molecule has 1 amide bonds. The summed E-state index contributed by atoms with van der Waals surface area (Å²) in [5.74, 6) is -0.268. The molecule has 0 radical (unpaired) electrons. The van der Waals surface area contributed by atoms with Crippen LogP contribution in [0.3, 0.4) is 0 Å². The Balaban J connectivity index is 4.52. The molecule has 0 saturated carbocycles. The third-order valence-electron chi connectivity index (χ3n) is 8.39. The topological polar surface area (TPSA) is 108 Å². The molecule has 0 aromatic carbocycles. The maximum atomic E-state index is 12.8. The summed E-state index contributed by atoms with van der Waals surface area (Å²) in [4.78, 5) is 25.1. The minimum Gasteiger partial charge on any atom is -0.756 e. The zero-order chi connectivity index (χ0) is 38.6. The number of aliphatic hydroxyl groups is 1. The van der Waals surface area contributed by atoms with Crippen molar-refractivity contribution in [2.45, 2.75) is 154 Å². The van der Waals surface area contributed by atoms with Crippen molar-refractivity contribution in [1.29, 1.82) is 0 Å². The number of amides is 1. The van der Waals surface area contributed by atoms with Gasteiger partial charge in [-0.15, -0.1) is 0 Å². The van der Waals surface area contributed by atoms with Crippen molar-refractivity contribution >= 4 is 13.7 Å². The largest absolute Gasteiger partial charge is 0.756 e. The number of phosphoric acid groups is 1. The number of hydrogen-bond donors (Lipinski definition) is 2. The zero-order valence-corrected chi connectivity index (χ0v) is 34.6. The number of hydrogen-bond acceptors (Lipinski definition) is 6. The number of nitrogens with one attached hydrogen (secondary N) is 1. The number of unbranched alkanes of at least 4 members (excludes halogenated alkanes) is 12. The van der Waals surface area contributed by atoms with Gasteiger partial charge in [0.25, 0.3) is 7.82 Å². The molecule has 9 heteroatoms. The van der Waals surface area contributed by atoms with Gasteiger partial charge in [0.1, 0.15) is 13.2 Å². The van der Waals surface area contributed by atoms with Gasteiger partial charge in [-0.2, -0.15) is 0 Å². The minimum atomic E-state index is -4.60. The van der Waals surface area contributed by atoms with Gasteiger partial charge in [0.2, 0.25) is 5.91 Å². The molecule has 52 heavy (non-hydrogen) atoms. The predicted octanol–water partition coefficient (Wildman–Crippen LogP) is 10.2.